The van der Waals surface area contributed by atoms with Crippen LogP contribution in [0.25, 0.3) is 21.8 Å². The van der Waals surface area contributed by atoms with Crippen LogP contribution in [0.3, 0.4) is 0 Å². The molecular formula is C13H14IN5O. The standard InChI is InChI=1S/C13H14IN5O/c1-19-4-2-7-10-9(6-8(14)11(7)19)17-13(15)18-12(10)16-3-5-20/h2,4,6,20H,3,5H2,1H3,(H3,15,16,17,18). The highest BCUT2D eigenvalue weighted by Gasteiger charge is 2.14. The van der Waals surface area contributed by atoms with E-state index >= 15 is 0 Å². The molecular weight excluding hydrogens is 369 g/mol. The van der Waals surface area contributed by atoms with E-state index in [1.807, 2.05) is 25.4 Å². The lowest BCUT2D eigenvalue weighted by molar-refractivity contribution is 0.311. The zero-order chi connectivity index (χ0) is 14.3. The number of aliphatic hydroxyl groups excluding tert-OH is 1. The van der Waals surface area contributed by atoms with Crippen molar-refractivity contribution in [1.82, 2.24) is 14.5 Å². The second-order valence-corrected chi connectivity index (χ2v) is 5.68. The Bertz CT molecular complexity index is 798. The van der Waals surface area contributed by atoms with Gasteiger partial charge in [-0.05, 0) is 34.7 Å². The zero-order valence-electron chi connectivity index (χ0n) is 10.9. The molecule has 6 nitrogen and oxygen atoms in total. The van der Waals surface area contributed by atoms with Crippen molar-refractivity contribution in [2.75, 3.05) is 24.2 Å². The van der Waals surface area contributed by atoms with Gasteiger partial charge < -0.3 is 20.7 Å². The van der Waals surface area contributed by atoms with Crippen LogP contribution in [0.15, 0.2) is 18.3 Å². The van der Waals surface area contributed by atoms with Crippen molar-refractivity contribution in [3.63, 3.8) is 0 Å². The Morgan fingerprint density at radius 3 is 3.00 bits per heavy atom. The number of rotatable bonds is 3. The Morgan fingerprint density at radius 2 is 2.25 bits per heavy atom. The summed E-state index contributed by atoms with van der Waals surface area (Å²) in [5, 5.41) is 14.1. The summed E-state index contributed by atoms with van der Waals surface area (Å²) in [4.78, 5) is 8.58. The summed E-state index contributed by atoms with van der Waals surface area (Å²) < 4.78 is 3.19. The van der Waals surface area contributed by atoms with E-state index in [1.54, 1.807) is 0 Å². The Balaban J connectivity index is 2.40. The molecule has 0 aliphatic carbocycles. The zero-order valence-corrected chi connectivity index (χ0v) is 13.0. The van der Waals surface area contributed by atoms with Gasteiger partial charge in [0, 0.05) is 28.7 Å². The summed E-state index contributed by atoms with van der Waals surface area (Å²) in [6.45, 7) is 0.458. The first-order chi connectivity index (χ1) is 9.61. The van der Waals surface area contributed by atoms with Gasteiger partial charge >= 0.3 is 0 Å². The van der Waals surface area contributed by atoms with Crippen LogP contribution in [0.5, 0.6) is 0 Å². The van der Waals surface area contributed by atoms with E-state index in [-0.39, 0.29) is 12.6 Å². The maximum Gasteiger partial charge on any atom is 0.222 e. The normalized spacial score (nSPS) is 11.3. The number of aromatic nitrogens is 3. The molecule has 0 unspecified atom stereocenters. The Kier molecular flexibility index (Phi) is 3.38. The lowest BCUT2D eigenvalue weighted by Gasteiger charge is -2.11. The number of benzene rings is 1. The fraction of sp³-hybridized carbons (Fsp3) is 0.231. The van der Waals surface area contributed by atoms with Crippen molar-refractivity contribution in [3.05, 3.63) is 21.9 Å². The second-order valence-electron chi connectivity index (χ2n) is 4.52. The number of aliphatic hydroxyl groups is 1. The highest BCUT2D eigenvalue weighted by molar-refractivity contribution is 14.1. The number of nitrogen functional groups attached to an aromatic ring is 1. The SMILES string of the molecule is Cn1ccc2c3c(NCCO)nc(N)nc3cc(I)c21. The van der Waals surface area contributed by atoms with E-state index in [1.165, 1.54) is 0 Å². The molecule has 3 aromatic rings. The number of nitrogens with one attached hydrogen (secondary N) is 1. The van der Waals surface area contributed by atoms with Crippen LogP contribution < -0.4 is 11.1 Å². The molecule has 0 bridgehead atoms. The van der Waals surface area contributed by atoms with Crippen molar-refractivity contribution in [1.29, 1.82) is 0 Å². The first-order valence-corrected chi connectivity index (χ1v) is 7.25. The largest absolute Gasteiger partial charge is 0.395 e. The number of hydrogen-bond acceptors (Lipinski definition) is 5. The van der Waals surface area contributed by atoms with Gasteiger partial charge in [-0.3, -0.25) is 0 Å². The predicted molar refractivity (Wildman–Crippen MR) is 88.7 cm³/mol. The summed E-state index contributed by atoms with van der Waals surface area (Å²) in [6, 6.07) is 4.05. The summed E-state index contributed by atoms with van der Waals surface area (Å²) in [5.74, 6) is 0.887. The van der Waals surface area contributed by atoms with Crippen molar-refractivity contribution >= 4 is 56.2 Å². The van der Waals surface area contributed by atoms with Crippen LogP contribution in [0.2, 0.25) is 0 Å². The summed E-state index contributed by atoms with van der Waals surface area (Å²) in [6.07, 6.45) is 2.01. The number of hydrogen-bond donors (Lipinski definition) is 3. The number of anilines is 2. The number of fused-ring (bicyclic) bond motifs is 3. The molecule has 2 aromatic heterocycles. The Morgan fingerprint density at radius 1 is 1.45 bits per heavy atom. The molecule has 0 fully saturated rings. The third-order valence-electron chi connectivity index (χ3n) is 3.19. The minimum atomic E-state index is 0.0354. The van der Waals surface area contributed by atoms with Gasteiger partial charge in [-0.2, -0.15) is 4.98 Å². The van der Waals surface area contributed by atoms with Gasteiger partial charge in [0.15, 0.2) is 0 Å². The molecule has 4 N–H and O–H groups in total. The van der Waals surface area contributed by atoms with Crippen molar-refractivity contribution < 1.29 is 5.11 Å². The van der Waals surface area contributed by atoms with Crippen LogP contribution in [-0.2, 0) is 7.05 Å². The summed E-state index contributed by atoms with van der Waals surface area (Å²) >= 11 is 2.30. The molecule has 0 amide bonds. The maximum absolute atomic E-state index is 8.99. The Labute approximate surface area is 129 Å². The quantitative estimate of drug-likeness (QED) is 0.600. The molecule has 0 atom stereocenters. The number of nitrogens with two attached hydrogens (primary N) is 1. The van der Waals surface area contributed by atoms with Gasteiger partial charge in [0.2, 0.25) is 5.95 Å². The van der Waals surface area contributed by atoms with Crippen LogP contribution >= 0.6 is 22.6 Å². The molecule has 0 saturated carbocycles. The van der Waals surface area contributed by atoms with E-state index in [4.69, 9.17) is 10.8 Å². The topological polar surface area (TPSA) is 89.0 Å². The molecule has 0 radical (unpaired) electrons. The highest BCUT2D eigenvalue weighted by atomic mass is 127. The van der Waals surface area contributed by atoms with E-state index in [0.717, 1.165) is 25.4 Å². The molecule has 3 rings (SSSR count). The average molecular weight is 383 g/mol. The van der Waals surface area contributed by atoms with Crippen LogP contribution in [0.1, 0.15) is 0 Å². The van der Waals surface area contributed by atoms with Gasteiger partial charge in [0.1, 0.15) is 5.82 Å². The number of halogens is 1. The van der Waals surface area contributed by atoms with Gasteiger partial charge in [-0.1, -0.05) is 0 Å². The molecule has 1 aromatic carbocycles. The van der Waals surface area contributed by atoms with E-state index < -0.39 is 0 Å². The van der Waals surface area contributed by atoms with Gasteiger partial charge in [0.25, 0.3) is 0 Å². The number of aryl methyl sites for hydroxylation is 1. The lowest BCUT2D eigenvalue weighted by Crippen LogP contribution is -2.09. The van der Waals surface area contributed by atoms with Gasteiger partial charge in [-0.25, -0.2) is 4.98 Å². The van der Waals surface area contributed by atoms with Gasteiger partial charge in [0.05, 0.1) is 23.0 Å². The number of nitrogens with zero attached hydrogens (tertiary/aromatic N) is 3. The van der Waals surface area contributed by atoms with Crippen LogP contribution in [-0.4, -0.2) is 32.8 Å². The molecule has 0 spiro atoms. The summed E-state index contributed by atoms with van der Waals surface area (Å²) in [7, 11) is 2.01. The van der Waals surface area contributed by atoms with Gasteiger partial charge in [-0.15, -0.1) is 0 Å². The van der Waals surface area contributed by atoms with Crippen molar-refractivity contribution in [2.45, 2.75) is 0 Å². The van der Waals surface area contributed by atoms with E-state index in [2.05, 4.69) is 42.4 Å². The monoisotopic (exact) mass is 383 g/mol. The first-order valence-electron chi connectivity index (χ1n) is 6.17. The predicted octanol–water partition coefficient (Wildman–Crippen LogP) is 1.71. The molecule has 0 aliphatic heterocycles. The molecule has 7 heteroatoms. The lowest BCUT2D eigenvalue weighted by atomic mass is 10.1. The summed E-state index contributed by atoms with van der Waals surface area (Å²) in [5.41, 5.74) is 7.71. The van der Waals surface area contributed by atoms with E-state index in [0.29, 0.717) is 12.4 Å². The molecule has 104 valence electrons. The van der Waals surface area contributed by atoms with Crippen LogP contribution in [0.4, 0.5) is 11.8 Å². The van der Waals surface area contributed by atoms with Crippen molar-refractivity contribution in [3.8, 4) is 0 Å². The highest BCUT2D eigenvalue weighted by Crippen LogP contribution is 2.33. The molecule has 0 aliphatic rings. The minimum absolute atomic E-state index is 0.0354. The van der Waals surface area contributed by atoms with E-state index in [9.17, 15) is 0 Å². The maximum atomic E-state index is 8.99. The minimum Gasteiger partial charge on any atom is -0.395 e. The van der Waals surface area contributed by atoms with Crippen molar-refractivity contribution in [2.24, 2.45) is 7.05 Å². The average Bonchev–Trinajstić information content (AvgIpc) is 2.78. The molecule has 2 heterocycles. The third-order valence-corrected chi connectivity index (χ3v) is 4.01. The Hall–Kier alpha value is -1.61. The fourth-order valence-corrected chi connectivity index (χ4v) is 3.35. The third kappa shape index (κ3) is 2.06. The second kappa shape index (κ2) is 5.06. The first kappa shape index (κ1) is 13.4. The fourth-order valence-electron chi connectivity index (χ4n) is 2.39. The molecule has 0 saturated heterocycles. The molecule has 20 heavy (non-hydrogen) atoms. The smallest absolute Gasteiger partial charge is 0.222 e. The van der Waals surface area contributed by atoms with Crippen LogP contribution in [0, 0.1) is 3.57 Å².